The quantitative estimate of drug-likeness (QED) is 0.758. The van der Waals surface area contributed by atoms with Crippen LogP contribution < -0.4 is 11.1 Å². The molecule has 0 aliphatic carbocycles. The Bertz CT molecular complexity index is 571. The van der Waals surface area contributed by atoms with Crippen molar-refractivity contribution >= 4 is 38.3 Å². The lowest BCUT2D eigenvalue weighted by molar-refractivity contribution is 0.292. The molecule has 6 heteroatoms. The number of rotatable bonds is 4. The van der Waals surface area contributed by atoms with Gasteiger partial charge in [-0.15, -0.1) is 0 Å². The fourth-order valence-corrected chi connectivity index (χ4v) is 2.17. The van der Waals surface area contributed by atoms with E-state index in [9.17, 15) is 4.39 Å². The molecule has 18 heavy (non-hydrogen) atoms. The molecule has 0 radical (unpaired) electrons. The number of pyridine rings is 1. The number of benzene rings is 1. The molecule has 0 fully saturated rings. The fraction of sp³-hybridized carbons (Fsp3) is 0.250. The first-order valence-electron chi connectivity index (χ1n) is 5.52. The third-order valence-corrected chi connectivity index (χ3v) is 2.95. The van der Waals surface area contributed by atoms with Gasteiger partial charge < -0.3 is 16.2 Å². The maximum atomic E-state index is 13.9. The molecule has 1 heterocycles. The summed E-state index contributed by atoms with van der Waals surface area (Å²) in [6.07, 6.45) is 0.585. The highest BCUT2D eigenvalue weighted by Gasteiger charge is 2.10. The molecule has 2 rings (SSSR count). The van der Waals surface area contributed by atoms with E-state index in [1.54, 1.807) is 12.1 Å². The van der Waals surface area contributed by atoms with E-state index in [-0.39, 0.29) is 12.4 Å². The Hall–Kier alpha value is -1.40. The Morgan fingerprint density at radius 1 is 1.39 bits per heavy atom. The Kier molecular flexibility index (Phi) is 3.98. The van der Waals surface area contributed by atoms with Crippen molar-refractivity contribution in [3.8, 4) is 0 Å². The first-order chi connectivity index (χ1) is 8.61. The van der Waals surface area contributed by atoms with Crippen molar-refractivity contribution in [2.24, 2.45) is 0 Å². The van der Waals surface area contributed by atoms with Crippen LogP contribution >= 0.6 is 15.9 Å². The molecule has 0 amide bonds. The predicted molar refractivity (Wildman–Crippen MR) is 74.0 cm³/mol. The number of nitrogens with one attached hydrogen (secondary N) is 1. The van der Waals surface area contributed by atoms with Crippen molar-refractivity contribution in [1.82, 2.24) is 4.98 Å². The van der Waals surface area contributed by atoms with Crippen LogP contribution in [-0.2, 0) is 0 Å². The van der Waals surface area contributed by atoms with E-state index in [4.69, 9.17) is 10.8 Å². The van der Waals surface area contributed by atoms with Crippen LogP contribution in [0.4, 0.5) is 15.9 Å². The molecule has 4 N–H and O–H groups in total. The largest absolute Gasteiger partial charge is 0.396 e. The van der Waals surface area contributed by atoms with E-state index in [0.717, 1.165) is 0 Å². The number of nitrogen functional groups attached to an aromatic ring is 1. The third-order valence-electron chi connectivity index (χ3n) is 2.50. The van der Waals surface area contributed by atoms with Crippen LogP contribution in [0.5, 0.6) is 0 Å². The minimum atomic E-state index is -0.363. The summed E-state index contributed by atoms with van der Waals surface area (Å²) in [6.45, 7) is 0.629. The number of fused-ring (bicyclic) bond motifs is 1. The van der Waals surface area contributed by atoms with Gasteiger partial charge in [-0.05, 0) is 18.6 Å². The first-order valence-corrected chi connectivity index (χ1v) is 6.31. The Labute approximate surface area is 112 Å². The Balaban J connectivity index is 2.50. The number of hydrogen-bond acceptors (Lipinski definition) is 4. The van der Waals surface area contributed by atoms with Crippen molar-refractivity contribution in [2.75, 3.05) is 24.2 Å². The number of nitrogens with zero attached hydrogens (tertiary/aromatic N) is 1. The van der Waals surface area contributed by atoms with Gasteiger partial charge in [0.15, 0.2) is 0 Å². The molecule has 0 bridgehead atoms. The minimum Gasteiger partial charge on any atom is -0.396 e. The summed E-state index contributed by atoms with van der Waals surface area (Å²) in [5.41, 5.74) is 6.78. The van der Waals surface area contributed by atoms with Crippen LogP contribution in [0.1, 0.15) is 6.42 Å². The van der Waals surface area contributed by atoms with Gasteiger partial charge in [0.2, 0.25) is 0 Å². The topological polar surface area (TPSA) is 71.2 Å². The molecule has 4 nitrogen and oxygen atoms in total. The van der Waals surface area contributed by atoms with Gasteiger partial charge in [0.05, 0.1) is 16.6 Å². The number of aliphatic hydroxyl groups excluding tert-OH is 1. The minimum absolute atomic E-state index is 0.0829. The lowest BCUT2D eigenvalue weighted by Gasteiger charge is -2.11. The summed E-state index contributed by atoms with van der Waals surface area (Å²) in [6, 6.07) is 4.69. The number of aromatic nitrogens is 1. The number of nitrogens with two attached hydrogens (primary N) is 1. The average molecular weight is 314 g/mol. The van der Waals surface area contributed by atoms with Crippen LogP contribution in [0.3, 0.4) is 0 Å². The SMILES string of the molecule is Nc1cc(NCCCO)c2c(F)cc(Br)cc2n1. The monoisotopic (exact) mass is 313 g/mol. The maximum Gasteiger partial charge on any atom is 0.135 e. The van der Waals surface area contributed by atoms with E-state index < -0.39 is 0 Å². The van der Waals surface area contributed by atoms with Crippen LogP contribution in [0.15, 0.2) is 22.7 Å². The second-order valence-corrected chi connectivity index (χ2v) is 4.80. The molecule has 0 spiro atoms. The third kappa shape index (κ3) is 2.70. The average Bonchev–Trinajstić information content (AvgIpc) is 2.27. The fourth-order valence-electron chi connectivity index (χ4n) is 1.75. The second-order valence-electron chi connectivity index (χ2n) is 3.88. The molecule has 0 atom stereocenters. The van der Waals surface area contributed by atoms with Crippen LogP contribution in [0, 0.1) is 5.82 Å². The molecular weight excluding hydrogens is 301 g/mol. The molecule has 2 aromatic rings. The molecule has 0 unspecified atom stereocenters. The highest BCUT2D eigenvalue weighted by molar-refractivity contribution is 9.10. The number of hydrogen-bond donors (Lipinski definition) is 3. The smallest absolute Gasteiger partial charge is 0.135 e. The summed E-state index contributed by atoms with van der Waals surface area (Å²) in [5.74, 6) is -0.0372. The van der Waals surface area contributed by atoms with Gasteiger partial charge >= 0.3 is 0 Å². The van der Waals surface area contributed by atoms with E-state index in [1.807, 2.05) is 0 Å². The standard InChI is InChI=1S/C12H13BrFN3O/c13-7-4-8(14)12-9(16-2-1-3-18)6-11(15)17-10(12)5-7/h4-6,18H,1-3H2,(H3,15,16,17). The van der Waals surface area contributed by atoms with Crippen LogP contribution in [0.2, 0.25) is 0 Å². The molecule has 1 aromatic heterocycles. The van der Waals surface area contributed by atoms with E-state index in [1.165, 1.54) is 6.07 Å². The molecule has 0 aliphatic rings. The van der Waals surface area contributed by atoms with E-state index >= 15 is 0 Å². The lowest BCUT2D eigenvalue weighted by Crippen LogP contribution is -2.06. The molecule has 1 aromatic carbocycles. The van der Waals surface area contributed by atoms with Gasteiger partial charge in [0.25, 0.3) is 0 Å². The van der Waals surface area contributed by atoms with Crippen LogP contribution in [0.25, 0.3) is 10.9 Å². The Morgan fingerprint density at radius 2 is 2.17 bits per heavy atom. The predicted octanol–water partition coefficient (Wildman–Crippen LogP) is 2.51. The van der Waals surface area contributed by atoms with Crippen LogP contribution in [-0.4, -0.2) is 23.2 Å². The highest BCUT2D eigenvalue weighted by Crippen LogP contribution is 2.29. The van der Waals surface area contributed by atoms with Gasteiger partial charge in [-0.2, -0.15) is 0 Å². The lowest BCUT2D eigenvalue weighted by atomic mass is 10.1. The van der Waals surface area contributed by atoms with Crippen molar-refractivity contribution in [3.05, 3.63) is 28.5 Å². The molecule has 96 valence electrons. The second kappa shape index (κ2) is 5.49. The number of anilines is 2. The Morgan fingerprint density at radius 3 is 2.89 bits per heavy atom. The van der Waals surface area contributed by atoms with Gasteiger partial charge in [-0.25, -0.2) is 9.37 Å². The maximum absolute atomic E-state index is 13.9. The number of halogens is 2. The zero-order valence-corrected chi connectivity index (χ0v) is 11.2. The molecule has 0 saturated heterocycles. The summed E-state index contributed by atoms with van der Waals surface area (Å²) in [4.78, 5) is 4.10. The number of aliphatic hydroxyl groups is 1. The van der Waals surface area contributed by atoms with E-state index in [2.05, 4.69) is 26.2 Å². The summed E-state index contributed by atoms with van der Waals surface area (Å²) < 4.78 is 14.6. The first kappa shape index (κ1) is 13.0. The zero-order chi connectivity index (χ0) is 13.1. The van der Waals surface area contributed by atoms with Crippen molar-refractivity contribution in [1.29, 1.82) is 0 Å². The normalized spacial score (nSPS) is 10.8. The summed E-state index contributed by atoms with van der Waals surface area (Å²) >= 11 is 3.22. The van der Waals surface area contributed by atoms with Crippen molar-refractivity contribution in [3.63, 3.8) is 0 Å². The van der Waals surface area contributed by atoms with Gasteiger partial charge in [-0.3, -0.25) is 0 Å². The van der Waals surface area contributed by atoms with Gasteiger partial charge in [-0.1, -0.05) is 15.9 Å². The zero-order valence-electron chi connectivity index (χ0n) is 9.58. The van der Waals surface area contributed by atoms with Gasteiger partial charge in [0.1, 0.15) is 11.6 Å². The van der Waals surface area contributed by atoms with Crippen molar-refractivity contribution in [2.45, 2.75) is 6.42 Å². The summed E-state index contributed by atoms with van der Waals surface area (Å²) in [7, 11) is 0. The highest BCUT2D eigenvalue weighted by atomic mass is 79.9. The van der Waals surface area contributed by atoms with Crippen molar-refractivity contribution < 1.29 is 9.50 Å². The molecule has 0 saturated carbocycles. The van der Waals surface area contributed by atoms with Gasteiger partial charge in [0, 0.05) is 23.7 Å². The molecule has 0 aliphatic heterocycles. The summed E-state index contributed by atoms with van der Waals surface area (Å²) in [5, 5.41) is 12.2. The van der Waals surface area contributed by atoms with E-state index in [0.29, 0.717) is 39.8 Å². The molecular formula is C12H13BrFN3O.